The lowest BCUT2D eigenvalue weighted by molar-refractivity contribution is 0.0452. The van der Waals surface area contributed by atoms with Crippen molar-refractivity contribution in [2.45, 2.75) is 12.2 Å². The Balaban J connectivity index is 0.000000191. The van der Waals surface area contributed by atoms with E-state index in [-0.39, 0.29) is 61.5 Å². The highest BCUT2D eigenvalue weighted by molar-refractivity contribution is 9.10. The minimum atomic E-state index is -1.15. The summed E-state index contributed by atoms with van der Waals surface area (Å²) in [6.45, 7) is 0.837. The maximum Gasteiger partial charge on any atom is 0.336 e. The Morgan fingerprint density at radius 2 is 1.13 bits per heavy atom. The van der Waals surface area contributed by atoms with Crippen LogP contribution in [-0.2, 0) is 9.47 Å². The second-order valence-corrected chi connectivity index (χ2v) is 16.0. The van der Waals surface area contributed by atoms with Crippen LogP contribution in [0.3, 0.4) is 0 Å². The van der Waals surface area contributed by atoms with Gasteiger partial charge >= 0.3 is 5.97 Å². The predicted octanol–water partition coefficient (Wildman–Crippen LogP) is 10.5. The highest BCUT2D eigenvalue weighted by Crippen LogP contribution is 2.31. The second kappa shape index (κ2) is 21.1. The number of hydrogen-bond donors (Lipinski definition) is 3. The second-order valence-electron chi connectivity index (χ2n) is 14.2. The van der Waals surface area contributed by atoms with Gasteiger partial charge in [-0.15, -0.1) is 0 Å². The Kier molecular flexibility index (Phi) is 15.0. The average molecular weight is 947 g/mol. The van der Waals surface area contributed by atoms with E-state index >= 15 is 0 Å². The fourth-order valence-corrected chi connectivity index (χ4v) is 7.47. The summed E-state index contributed by atoms with van der Waals surface area (Å²) in [7, 11) is 0. The molecule has 1 aliphatic heterocycles. The molecule has 0 aliphatic carbocycles. The smallest absolute Gasteiger partial charge is 0.336 e. The molecule has 0 bridgehead atoms. The van der Waals surface area contributed by atoms with Gasteiger partial charge in [0.15, 0.2) is 0 Å². The topological polar surface area (TPSA) is 151 Å². The van der Waals surface area contributed by atoms with Gasteiger partial charge in [-0.05, 0) is 88.5 Å². The minimum Gasteiger partial charge on any atom is -0.478 e. The fourth-order valence-electron chi connectivity index (χ4n) is 6.95. The Hall–Kier alpha value is -6.41. The van der Waals surface area contributed by atoms with Crippen molar-refractivity contribution >= 4 is 62.8 Å². The number of imide groups is 1. The van der Waals surface area contributed by atoms with Crippen LogP contribution in [0.5, 0.6) is 0 Å². The van der Waals surface area contributed by atoms with Gasteiger partial charge < -0.3 is 19.9 Å². The number of aromatic carboxylic acids is 1. The Labute approximate surface area is 381 Å². The number of carboxylic acid groups (broad SMARTS) is 1. The maximum atomic E-state index is 12.5. The van der Waals surface area contributed by atoms with Crippen LogP contribution in [0.1, 0.15) is 75.9 Å². The molecule has 0 spiro atoms. The highest BCUT2D eigenvalue weighted by atomic mass is 79.9. The molecule has 11 nitrogen and oxygen atoms in total. The predicted molar refractivity (Wildman–Crippen MR) is 244 cm³/mol. The third-order valence-corrected chi connectivity index (χ3v) is 11.1. The first-order valence-electron chi connectivity index (χ1n) is 19.7. The summed E-state index contributed by atoms with van der Waals surface area (Å²) >= 11 is 15.5. The summed E-state index contributed by atoms with van der Waals surface area (Å²) in [5, 5.41) is 20.1. The van der Waals surface area contributed by atoms with Gasteiger partial charge in [-0.1, -0.05) is 124 Å². The molecule has 2 unspecified atom stereocenters. The Morgan fingerprint density at radius 3 is 1.63 bits per heavy atom. The average Bonchev–Trinajstić information content (AvgIpc) is 3.93. The van der Waals surface area contributed by atoms with Crippen molar-refractivity contribution < 1.29 is 33.8 Å². The summed E-state index contributed by atoms with van der Waals surface area (Å²) in [4.78, 5) is 50.1. The number of rotatable bonds is 15. The van der Waals surface area contributed by atoms with E-state index in [0.717, 1.165) is 37.9 Å². The van der Waals surface area contributed by atoms with Gasteiger partial charge in [0.05, 0.1) is 48.2 Å². The van der Waals surface area contributed by atoms with Crippen LogP contribution in [0.4, 0.5) is 0 Å². The fraction of sp³-hybridized carbons (Fsp3) is 0.122. The van der Waals surface area contributed by atoms with E-state index in [2.05, 4.69) is 31.4 Å². The lowest BCUT2D eigenvalue weighted by Gasteiger charge is -2.21. The molecular formula is C49H39BrCl2N4O7. The lowest BCUT2D eigenvalue weighted by Crippen LogP contribution is -2.33. The van der Waals surface area contributed by atoms with Gasteiger partial charge in [0.1, 0.15) is 12.2 Å². The first-order chi connectivity index (χ1) is 30.6. The van der Waals surface area contributed by atoms with Crippen LogP contribution in [0.15, 0.2) is 162 Å². The number of H-pyrrole nitrogens is 1. The molecule has 63 heavy (non-hydrogen) atoms. The molecule has 14 heteroatoms. The number of nitrogens with zero attached hydrogens (tertiary/aromatic N) is 2. The molecular weight excluding hydrogens is 907 g/mol. The highest BCUT2D eigenvalue weighted by Gasteiger charge is 2.35. The molecule has 6 aromatic carbocycles. The number of carboxylic acids is 1. The number of halogens is 3. The van der Waals surface area contributed by atoms with Crippen molar-refractivity contribution in [2.75, 3.05) is 26.3 Å². The van der Waals surface area contributed by atoms with E-state index in [0.29, 0.717) is 21.2 Å². The largest absolute Gasteiger partial charge is 0.478 e. The number of ether oxygens (including phenoxy) is 2. The first kappa shape index (κ1) is 44.6. The molecule has 1 aliphatic rings. The minimum absolute atomic E-state index is 0.0438. The third kappa shape index (κ3) is 11.2. The van der Waals surface area contributed by atoms with Crippen molar-refractivity contribution in [1.82, 2.24) is 20.4 Å². The van der Waals surface area contributed by atoms with Crippen LogP contribution in [0, 0.1) is 0 Å². The number of amides is 3. The Morgan fingerprint density at radius 1 is 0.651 bits per heavy atom. The SMILES string of the molecule is O=C(O)c1ccccc1C(=O)NCCOC(c1ccc(Cl)cc1)c1ccc(-c2cn[nH]c2)cc1.O=C1c2ccccc2C(=O)N1CCOC(c1ccc(Cl)cc1)c1ccc(Br)cc1. The van der Waals surface area contributed by atoms with Crippen molar-refractivity contribution in [3.05, 3.63) is 217 Å². The van der Waals surface area contributed by atoms with Crippen LogP contribution in [0.2, 0.25) is 10.0 Å². The number of carbonyl (C=O) groups excluding carboxylic acids is 3. The number of benzene rings is 6. The molecule has 1 aromatic heterocycles. The van der Waals surface area contributed by atoms with E-state index in [9.17, 15) is 24.3 Å². The lowest BCUT2D eigenvalue weighted by atomic mass is 9.99. The quantitative estimate of drug-likeness (QED) is 0.0679. The van der Waals surface area contributed by atoms with Crippen molar-refractivity contribution in [3.8, 4) is 11.1 Å². The van der Waals surface area contributed by atoms with E-state index in [1.54, 1.807) is 54.7 Å². The molecule has 0 fully saturated rings. The normalized spacial score (nSPS) is 12.8. The van der Waals surface area contributed by atoms with Crippen molar-refractivity contribution in [2.24, 2.45) is 0 Å². The van der Waals surface area contributed by atoms with Gasteiger partial charge in [-0.2, -0.15) is 5.10 Å². The number of fused-ring (bicyclic) bond motifs is 1. The van der Waals surface area contributed by atoms with Crippen LogP contribution in [0.25, 0.3) is 11.1 Å². The standard InChI is InChI=1S/C26H22ClN3O4.C23H17BrClNO3/c27-21-11-9-19(10-12-21)24(18-7-5-17(6-8-18)20-15-29-30-16-20)34-14-13-28-25(31)22-3-1-2-4-23(22)26(32)33;24-17-9-5-15(6-10-17)21(16-7-11-18(25)12-8-16)29-14-13-26-22(27)19-3-1-2-4-20(19)23(26)28/h1-12,15-16,24H,13-14H2,(H,28,31)(H,29,30)(H,32,33);1-12,21H,13-14H2. The van der Waals surface area contributed by atoms with Crippen LogP contribution < -0.4 is 5.32 Å². The van der Waals surface area contributed by atoms with Gasteiger partial charge in [0.25, 0.3) is 17.7 Å². The molecule has 0 saturated carbocycles. The number of carbonyl (C=O) groups is 4. The summed E-state index contributed by atoms with van der Waals surface area (Å²) in [5.74, 6) is -2.17. The zero-order valence-electron chi connectivity index (χ0n) is 33.4. The zero-order chi connectivity index (χ0) is 44.3. The Bertz CT molecular complexity index is 2600. The molecule has 3 amide bonds. The summed E-state index contributed by atoms with van der Waals surface area (Å²) in [6, 6.07) is 43.7. The van der Waals surface area contributed by atoms with Crippen molar-refractivity contribution in [1.29, 1.82) is 0 Å². The van der Waals surface area contributed by atoms with Gasteiger partial charge in [0.2, 0.25) is 0 Å². The zero-order valence-corrected chi connectivity index (χ0v) is 36.5. The number of aromatic amines is 1. The van der Waals surface area contributed by atoms with Gasteiger partial charge in [-0.25, -0.2) is 4.79 Å². The summed E-state index contributed by atoms with van der Waals surface area (Å²) in [5.41, 5.74) is 6.74. The third-order valence-electron chi connectivity index (χ3n) is 10.1. The van der Waals surface area contributed by atoms with E-state index in [4.69, 9.17) is 32.7 Å². The van der Waals surface area contributed by atoms with E-state index < -0.39 is 11.9 Å². The molecule has 7 aromatic rings. The number of aromatic nitrogens is 2. The molecule has 8 rings (SSSR count). The van der Waals surface area contributed by atoms with Gasteiger partial charge in [0, 0.05) is 32.8 Å². The number of nitrogens with one attached hydrogen (secondary N) is 2. The van der Waals surface area contributed by atoms with E-state index in [1.807, 2.05) is 91.1 Å². The van der Waals surface area contributed by atoms with Gasteiger partial charge in [-0.3, -0.25) is 24.4 Å². The van der Waals surface area contributed by atoms with Crippen LogP contribution >= 0.6 is 39.1 Å². The molecule has 3 N–H and O–H groups in total. The summed E-state index contributed by atoms with van der Waals surface area (Å²) in [6.07, 6.45) is 2.87. The first-order valence-corrected chi connectivity index (χ1v) is 21.3. The molecule has 0 radical (unpaired) electrons. The molecule has 318 valence electrons. The van der Waals surface area contributed by atoms with E-state index in [1.165, 1.54) is 17.0 Å². The van der Waals surface area contributed by atoms with Crippen molar-refractivity contribution in [3.63, 3.8) is 0 Å². The summed E-state index contributed by atoms with van der Waals surface area (Å²) < 4.78 is 13.3. The monoisotopic (exact) mass is 944 g/mol. The molecule has 2 heterocycles. The molecule has 0 saturated heterocycles. The number of hydrogen-bond acceptors (Lipinski definition) is 7. The molecule has 2 atom stereocenters. The maximum absolute atomic E-state index is 12.5. The van der Waals surface area contributed by atoms with Crippen LogP contribution in [-0.4, -0.2) is 70.2 Å².